The van der Waals surface area contributed by atoms with E-state index in [9.17, 15) is 56.8 Å². The van der Waals surface area contributed by atoms with Crippen LogP contribution in [0.2, 0.25) is 5.02 Å². The maximum atomic E-state index is 15.5. The molecule has 3 heterocycles. The van der Waals surface area contributed by atoms with Crippen LogP contribution in [-0.4, -0.2) is 70.7 Å². The van der Waals surface area contributed by atoms with Crippen molar-refractivity contribution in [3.63, 3.8) is 0 Å². The summed E-state index contributed by atoms with van der Waals surface area (Å²) in [5.41, 5.74) is -4.08. The SMILES string of the molecule is C[C@@H]1Cc2c(C(F)(F)F)nn(CC(=O)N[C@@H](Cc3cc(F)cc(F)c3)c3nc(C#CC(C)(C)S(C)(=O)=O)c4c(c3-c3ccc(Cl)c5c(NS(C)(=O)=O)nn(CC(F)(F)F)c35)CCC4)c2C1(F)F. The largest absolute Gasteiger partial charge is 0.435 e. The van der Waals surface area contributed by atoms with E-state index in [-0.39, 0.29) is 56.0 Å². The normalized spacial score (nSPS) is 16.7. The monoisotopic (exact) mass is 1010 g/mol. The van der Waals surface area contributed by atoms with Crippen molar-refractivity contribution in [1.29, 1.82) is 0 Å². The lowest BCUT2D eigenvalue weighted by Gasteiger charge is -2.25. The van der Waals surface area contributed by atoms with E-state index in [2.05, 4.69) is 32.1 Å². The van der Waals surface area contributed by atoms with E-state index in [4.69, 9.17) is 16.6 Å². The number of halogens is 11. The van der Waals surface area contributed by atoms with Gasteiger partial charge < -0.3 is 5.32 Å². The second-order valence-electron chi connectivity index (χ2n) is 17.0. The molecular weight excluding hydrogens is 972 g/mol. The average molecular weight is 1010 g/mol. The second kappa shape index (κ2) is 17.0. The van der Waals surface area contributed by atoms with Gasteiger partial charge >= 0.3 is 12.4 Å². The topological polar surface area (TPSA) is 158 Å². The van der Waals surface area contributed by atoms with Crippen LogP contribution in [0.15, 0.2) is 30.3 Å². The van der Waals surface area contributed by atoms with E-state index in [1.54, 1.807) is 0 Å². The number of carbonyl (C=O) groups is 1. The molecular formula is C42H38ClF10N7O5S2. The highest BCUT2D eigenvalue weighted by atomic mass is 35.5. The Labute approximate surface area is 381 Å². The predicted molar refractivity (Wildman–Crippen MR) is 225 cm³/mol. The van der Waals surface area contributed by atoms with Crippen molar-refractivity contribution in [3.05, 3.63) is 92.0 Å². The number of aromatic nitrogens is 5. The smallest absolute Gasteiger partial charge is 0.346 e. The summed E-state index contributed by atoms with van der Waals surface area (Å²) >= 11 is 6.57. The standard InChI is InChI=1S/C42H38ClF10N7O5S2/c1-20-13-27-36(42(51,52)53)56-59(37(27)41(20,49)50)18-31(61)54-30(16-21-14-22(44)17-23(45)15-21)34-32(25-8-6-7-24(25)29(55-34)11-12-39(2,3)66(4,62)63)26-9-10-28(43)33-35(26)60(19-40(46,47)48)57-38(33)58-67(5,64)65/h9-10,14-15,17,20,30H,6-8,13,16,18-19H2,1-5H3,(H,54,61)(H,57,58)/t20-,30+/m1/s1. The summed E-state index contributed by atoms with van der Waals surface area (Å²) in [5.74, 6) is -4.13. The zero-order valence-corrected chi connectivity index (χ0v) is 38.1. The van der Waals surface area contributed by atoms with Crippen LogP contribution in [0.25, 0.3) is 22.0 Å². The van der Waals surface area contributed by atoms with Gasteiger partial charge in [0.2, 0.25) is 15.9 Å². The Kier molecular flexibility index (Phi) is 12.5. The summed E-state index contributed by atoms with van der Waals surface area (Å²) in [6.45, 7) is 0.556. The molecule has 2 aliphatic rings. The van der Waals surface area contributed by atoms with Crippen LogP contribution in [0.5, 0.6) is 0 Å². The summed E-state index contributed by atoms with van der Waals surface area (Å²) in [7, 11) is -8.09. The van der Waals surface area contributed by atoms with Crippen molar-refractivity contribution in [3.8, 4) is 23.0 Å². The van der Waals surface area contributed by atoms with Crippen molar-refractivity contribution >= 4 is 54.1 Å². The van der Waals surface area contributed by atoms with E-state index < -0.39 is 127 Å². The summed E-state index contributed by atoms with van der Waals surface area (Å²) in [4.78, 5) is 19.0. The molecule has 0 spiro atoms. The first-order valence-corrected chi connectivity index (χ1v) is 24.2. The molecule has 3 aromatic heterocycles. The predicted octanol–water partition coefficient (Wildman–Crippen LogP) is 8.23. The molecule has 25 heteroatoms. The first-order chi connectivity index (χ1) is 30.8. The maximum absolute atomic E-state index is 15.5. The van der Waals surface area contributed by atoms with Gasteiger partial charge in [0.15, 0.2) is 21.3 Å². The summed E-state index contributed by atoms with van der Waals surface area (Å²) < 4.78 is 198. The average Bonchev–Trinajstić information content (AvgIpc) is 3.92. The van der Waals surface area contributed by atoms with Crippen molar-refractivity contribution < 1.29 is 65.5 Å². The number of fused-ring (bicyclic) bond motifs is 3. The minimum absolute atomic E-state index is 0.0433. The first-order valence-electron chi connectivity index (χ1n) is 20.1. The molecule has 2 aromatic carbocycles. The Morgan fingerprint density at radius 3 is 2.19 bits per heavy atom. The molecule has 1 amide bonds. The Balaban J connectivity index is 1.53. The third kappa shape index (κ3) is 9.95. The Hall–Kier alpha value is -5.41. The number of rotatable bonds is 11. The lowest BCUT2D eigenvalue weighted by Crippen LogP contribution is -2.35. The highest BCUT2D eigenvalue weighted by Crippen LogP contribution is 2.50. The minimum atomic E-state index is -5.21. The van der Waals surface area contributed by atoms with Gasteiger partial charge in [0.1, 0.15) is 40.9 Å². The van der Waals surface area contributed by atoms with Crippen LogP contribution in [-0.2, 0) is 75.5 Å². The lowest BCUT2D eigenvalue weighted by molar-refractivity contribution is -0.143. The Morgan fingerprint density at radius 2 is 1.60 bits per heavy atom. The van der Waals surface area contributed by atoms with Gasteiger partial charge in [-0.15, -0.1) is 0 Å². The van der Waals surface area contributed by atoms with Gasteiger partial charge in [-0.3, -0.25) is 18.9 Å². The molecule has 12 nitrogen and oxygen atoms in total. The van der Waals surface area contributed by atoms with E-state index in [1.807, 2.05) is 0 Å². The molecule has 2 atom stereocenters. The number of carbonyl (C=O) groups excluding carboxylic acids is 1. The molecule has 5 aromatic rings. The quantitative estimate of drug-likeness (QED) is 0.0990. The highest BCUT2D eigenvalue weighted by molar-refractivity contribution is 7.92. The van der Waals surface area contributed by atoms with Crippen molar-refractivity contribution in [2.75, 3.05) is 17.2 Å². The molecule has 0 fully saturated rings. The molecule has 0 saturated carbocycles. The van der Waals surface area contributed by atoms with Crippen LogP contribution in [0, 0.1) is 29.4 Å². The molecule has 2 N–H and O–H groups in total. The van der Waals surface area contributed by atoms with E-state index in [0.717, 1.165) is 25.3 Å². The van der Waals surface area contributed by atoms with Gasteiger partial charge in [0, 0.05) is 34.9 Å². The van der Waals surface area contributed by atoms with Crippen LogP contribution in [0.1, 0.15) is 78.3 Å². The highest BCUT2D eigenvalue weighted by Gasteiger charge is 2.54. The number of alkyl halides is 8. The maximum Gasteiger partial charge on any atom is 0.435 e. The number of nitrogens with zero attached hydrogens (tertiary/aromatic N) is 5. The number of hydrogen-bond donors (Lipinski definition) is 2. The summed E-state index contributed by atoms with van der Waals surface area (Å²) in [6.07, 6.45) is -9.21. The Bertz CT molecular complexity index is 3140. The first kappa shape index (κ1) is 49.5. The number of pyridine rings is 1. The molecule has 2 aliphatic carbocycles. The summed E-state index contributed by atoms with van der Waals surface area (Å²) in [6, 6.07) is 3.04. The number of sulfonamides is 1. The zero-order valence-electron chi connectivity index (χ0n) is 35.7. The number of hydrogen-bond acceptors (Lipinski definition) is 8. The second-order valence-corrected chi connectivity index (χ2v) is 21.8. The van der Waals surface area contributed by atoms with Gasteiger partial charge in [0.25, 0.3) is 5.92 Å². The third-order valence-corrected chi connectivity index (χ3v) is 14.3. The molecule has 0 saturated heterocycles. The van der Waals surface area contributed by atoms with Crippen LogP contribution in [0.4, 0.5) is 49.7 Å². The molecule has 0 bridgehead atoms. The summed E-state index contributed by atoms with van der Waals surface area (Å²) in [5, 5.41) is 9.24. The van der Waals surface area contributed by atoms with Gasteiger partial charge in [-0.2, -0.15) is 45.3 Å². The molecule has 0 unspecified atom stereocenters. The van der Waals surface area contributed by atoms with Crippen molar-refractivity contribution in [2.45, 2.75) is 95.0 Å². The number of sulfone groups is 1. The van der Waals surface area contributed by atoms with Crippen LogP contribution >= 0.6 is 11.6 Å². The molecule has 0 radical (unpaired) electrons. The van der Waals surface area contributed by atoms with Crippen molar-refractivity contribution in [1.82, 2.24) is 29.9 Å². The van der Waals surface area contributed by atoms with Crippen molar-refractivity contribution in [2.24, 2.45) is 5.92 Å². The third-order valence-electron chi connectivity index (χ3n) is 11.5. The fourth-order valence-electron chi connectivity index (χ4n) is 8.28. The fourth-order valence-corrected chi connectivity index (χ4v) is 9.26. The van der Waals surface area contributed by atoms with Gasteiger partial charge in [-0.05, 0) is 86.8 Å². The van der Waals surface area contributed by atoms with Crippen LogP contribution < -0.4 is 10.0 Å². The lowest BCUT2D eigenvalue weighted by atomic mass is 9.88. The zero-order chi connectivity index (χ0) is 49.6. The van der Waals surface area contributed by atoms with Gasteiger partial charge in [-0.1, -0.05) is 30.5 Å². The van der Waals surface area contributed by atoms with Gasteiger partial charge in [-0.25, -0.2) is 30.6 Å². The van der Waals surface area contributed by atoms with E-state index in [1.165, 1.54) is 26.0 Å². The fraction of sp³-hybridized carbons (Fsp3) is 0.429. The minimum Gasteiger partial charge on any atom is -0.346 e. The number of amides is 1. The molecule has 360 valence electrons. The Morgan fingerprint density at radius 1 is 0.955 bits per heavy atom. The number of nitrogens with one attached hydrogen (secondary N) is 2. The number of benzene rings is 2. The number of anilines is 1. The molecule has 7 rings (SSSR count). The van der Waals surface area contributed by atoms with E-state index in [0.29, 0.717) is 34.6 Å². The molecule has 0 aliphatic heterocycles. The molecule has 67 heavy (non-hydrogen) atoms. The van der Waals surface area contributed by atoms with E-state index >= 15 is 8.78 Å². The van der Waals surface area contributed by atoms with Gasteiger partial charge in [0.05, 0.1) is 33.9 Å². The van der Waals surface area contributed by atoms with Crippen LogP contribution in [0.3, 0.4) is 0 Å².